The molecule has 0 saturated carbocycles. The van der Waals surface area contributed by atoms with Crippen molar-refractivity contribution in [2.75, 3.05) is 0 Å². The van der Waals surface area contributed by atoms with Gasteiger partial charge in [-0.1, -0.05) is 109 Å². The van der Waals surface area contributed by atoms with Gasteiger partial charge in [-0.2, -0.15) is 0 Å². The first-order valence-electron chi connectivity index (χ1n) is 9.71. The molecular formula is C26H20BN. The summed E-state index contributed by atoms with van der Waals surface area (Å²) in [6.45, 7) is 2.26. The van der Waals surface area contributed by atoms with Crippen molar-refractivity contribution in [3.05, 3.63) is 120 Å². The quantitative estimate of drug-likeness (QED) is 0.426. The van der Waals surface area contributed by atoms with Crippen molar-refractivity contribution in [3.8, 4) is 0 Å². The molecule has 4 aromatic carbocycles. The van der Waals surface area contributed by atoms with E-state index in [4.69, 9.17) is 4.99 Å². The van der Waals surface area contributed by atoms with E-state index in [1.807, 2.05) is 0 Å². The Hall–Kier alpha value is -3.39. The van der Waals surface area contributed by atoms with Crippen LogP contribution in [0.15, 0.2) is 114 Å². The number of rotatable bonds is 3. The number of aliphatic imine (C=N–C) groups is 1. The zero-order chi connectivity index (χ0) is 18.9. The highest BCUT2D eigenvalue weighted by Crippen LogP contribution is 2.31. The Labute approximate surface area is 166 Å². The van der Waals surface area contributed by atoms with Crippen LogP contribution in [-0.2, 0) is 0 Å². The largest absolute Gasteiger partial charge is 0.269 e. The molecule has 0 saturated heterocycles. The third-order valence-corrected chi connectivity index (χ3v) is 5.53. The highest BCUT2D eigenvalue weighted by molar-refractivity contribution is 7.15. The number of hydrogen-bond donors (Lipinski definition) is 0. The summed E-state index contributed by atoms with van der Waals surface area (Å²) in [6.07, 6.45) is 0. The van der Waals surface area contributed by atoms with Gasteiger partial charge in [0.05, 0.1) is 0 Å². The molecule has 1 heterocycles. The molecule has 1 nitrogen and oxygen atoms in total. The molecule has 0 unspecified atom stereocenters. The molecule has 4 aromatic rings. The van der Waals surface area contributed by atoms with E-state index in [9.17, 15) is 0 Å². The minimum absolute atomic E-state index is 0.121. The average Bonchev–Trinajstić information content (AvgIpc) is 3.11. The van der Waals surface area contributed by atoms with E-state index in [2.05, 4.69) is 110 Å². The van der Waals surface area contributed by atoms with Crippen molar-refractivity contribution < 1.29 is 0 Å². The molecule has 5 rings (SSSR count). The predicted octanol–water partition coefficient (Wildman–Crippen LogP) is 5.55. The van der Waals surface area contributed by atoms with Crippen molar-refractivity contribution in [3.63, 3.8) is 0 Å². The molecule has 0 aromatic heterocycles. The second-order valence-corrected chi connectivity index (χ2v) is 7.23. The van der Waals surface area contributed by atoms with Gasteiger partial charge in [-0.25, -0.2) is 0 Å². The summed E-state index contributed by atoms with van der Waals surface area (Å²) < 4.78 is 0. The van der Waals surface area contributed by atoms with Gasteiger partial charge < -0.3 is 0 Å². The van der Waals surface area contributed by atoms with Gasteiger partial charge in [-0.15, -0.1) is 0 Å². The molecule has 1 aliphatic rings. The molecule has 0 fully saturated rings. The zero-order valence-electron chi connectivity index (χ0n) is 15.8. The Bertz CT molecular complexity index is 1200. The number of hydrogen-bond acceptors (Lipinski definition) is 1. The Morgan fingerprint density at radius 3 is 1.96 bits per heavy atom. The molecule has 2 heteroatoms. The topological polar surface area (TPSA) is 12.4 Å². The third kappa shape index (κ3) is 2.78. The summed E-state index contributed by atoms with van der Waals surface area (Å²) in [4.78, 5) is 5.08. The van der Waals surface area contributed by atoms with Crippen LogP contribution in [0, 0.1) is 0 Å². The molecule has 0 bridgehead atoms. The lowest BCUT2D eigenvalue weighted by atomic mass is 9.35. The van der Waals surface area contributed by atoms with E-state index >= 15 is 0 Å². The van der Waals surface area contributed by atoms with Gasteiger partial charge in [0.1, 0.15) is 0 Å². The summed E-state index contributed by atoms with van der Waals surface area (Å²) in [5, 5.41) is 2.56. The predicted molar refractivity (Wildman–Crippen MR) is 121 cm³/mol. The van der Waals surface area contributed by atoms with Crippen molar-refractivity contribution in [2.45, 2.75) is 6.92 Å². The van der Waals surface area contributed by atoms with Crippen molar-refractivity contribution >= 4 is 34.0 Å². The van der Waals surface area contributed by atoms with Crippen molar-refractivity contribution in [1.29, 1.82) is 0 Å². The molecule has 0 spiro atoms. The van der Waals surface area contributed by atoms with Gasteiger partial charge in [-0.3, -0.25) is 4.99 Å². The van der Waals surface area contributed by atoms with Gasteiger partial charge >= 0.3 is 0 Å². The summed E-state index contributed by atoms with van der Waals surface area (Å²) in [5.41, 5.74) is 7.28. The zero-order valence-corrected chi connectivity index (χ0v) is 15.8. The van der Waals surface area contributed by atoms with Crippen LogP contribution in [0.3, 0.4) is 0 Å². The normalized spacial score (nSPS) is 13.9. The van der Waals surface area contributed by atoms with Crippen LogP contribution >= 0.6 is 0 Å². The molecule has 132 valence electrons. The number of benzene rings is 4. The number of nitrogens with zero attached hydrogens (tertiary/aromatic N) is 1. The lowest BCUT2D eigenvalue weighted by Gasteiger charge is -2.18. The van der Waals surface area contributed by atoms with E-state index in [1.54, 1.807) is 0 Å². The minimum atomic E-state index is 0.121. The van der Waals surface area contributed by atoms with Crippen LogP contribution in [0.2, 0.25) is 0 Å². The van der Waals surface area contributed by atoms with Crippen molar-refractivity contribution in [2.24, 2.45) is 4.99 Å². The first kappa shape index (κ1) is 16.8. The first-order valence-corrected chi connectivity index (χ1v) is 9.71. The first-order chi connectivity index (χ1) is 13.8. The fraction of sp³-hybridized carbons (Fsp3) is 0.0385. The van der Waals surface area contributed by atoms with Gasteiger partial charge in [-0.05, 0) is 34.3 Å². The maximum atomic E-state index is 5.08. The molecule has 0 N–H and O–H groups in total. The molecule has 0 amide bonds. The van der Waals surface area contributed by atoms with Gasteiger partial charge in [0.2, 0.25) is 0 Å². The van der Waals surface area contributed by atoms with Gasteiger partial charge in [0.15, 0.2) is 0 Å². The van der Waals surface area contributed by atoms with E-state index in [0.717, 1.165) is 11.3 Å². The highest BCUT2D eigenvalue weighted by Gasteiger charge is 2.36. The molecule has 0 aliphatic carbocycles. The molecule has 0 atom stereocenters. The number of fused-ring (bicyclic) bond motifs is 1. The lowest BCUT2D eigenvalue weighted by molar-refractivity contribution is 1.34. The summed E-state index contributed by atoms with van der Waals surface area (Å²) in [6, 6.07) is 36.5. The molecular weight excluding hydrogens is 337 g/mol. The Morgan fingerprint density at radius 2 is 1.21 bits per heavy atom. The van der Waals surface area contributed by atoms with Crippen LogP contribution in [0.4, 0.5) is 0 Å². The Kier molecular flexibility index (Phi) is 4.18. The Morgan fingerprint density at radius 1 is 0.607 bits per heavy atom. The second kappa shape index (κ2) is 6.97. The van der Waals surface area contributed by atoms with E-state index in [1.165, 1.54) is 32.8 Å². The maximum absolute atomic E-state index is 5.08. The van der Waals surface area contributed by atoms with Crippen LogP contribution in [0.5, 0.6) is 0 Å². The summed E-state index contributed by atoms with van der Waals surface area (Å²) >= 11 is 0. The van der Waals surface area contributed by atoms with Crippen molar-refractivity contribution in [1.82, 2.24) is 0 Å². The van der Waals surface area contributed by atoms with Gasteiger partial charge in [0, 0.05) is 11.3 Å². The number of allylic oxidation sites excluding steroid dienone is 1. The maximum Gasteiger partial charge on any atom is 0.269 e. The van der Waals surface area contributed by atoms with E-state index in [-0.39, 0.29) is 6.71 Å². The highest BCUT2D eigenvalue weighted by atomic mass is 14.8. The summed E-state index contributed by atoms with van der Waals surface area (Å²) in [7, 11) is 0. The fourth-order valence-corrected chi connectivity index (χ4v) is 4.29. The Balaban J connectivity index is 1.77. The molecule has 28 heavy (non-hydrogen) atoms. The molecule has 1 aliphatic heterocycles. The lowest BCUT2D eigenvalue weighted by Crippen LogP contribution is -2.39. The van der Waals surface area contributed by atoms with E-state index in [0.29, 0.717) is 0 Å². The van der Waals surface area contributed by atoms with Crippen LogP contribution in [-0.4, -0.2) is 12.3 Å². The summed E-state index contributed by atoms with van der Waals surface area (Å²) in [5.74, 6) is 0. The fourth-order valence-electron chi connectivity index (χ4n) is 4.29. The van der Waals surface area contributed by atoms with Gasteiger partial charge in [0.25, 0.3) is 6.71 Å². The average molecular weight is 357 g/mol. The van der Waals surface area contributed by atoms with Crippen LogP contribution < -0.4 is 5.46 Å². The van der Waals surface area contributed by atoms with Crippen LogP contribution in [0.1, 0.15) is 18.1 Å². The third-order valence-electron chi connectivity index (χ3n) is 5.53. The standard InChI is InChI=1S/C26H20BN/c1-19-25(21-12-4-2-5-13-21)27(26(28-19)22-14-6-3-7-15-22)24-18-10-16-20-11-8-9-17-23(20)24/h2-18H,1H3. The van der Waals surface area contributed by atoms with Crippen LogP contribution in [0.25, 0.3) is 16.2 Å². The second-order valence-electron chi connectivity index (χ2n) is 7.23. The SMILES string of the molecule is CC1=C(c2ccccc2)B(c2cccc3ccccc23)C(c2ccccc2)=N1. The monoisotopic (exact) mass is 357 g/mol. The smallest absolute Gasteiger partial charge is 0.267 e. The van der Waals surface area contributed by atoms with E-state index < -0.39 is 0 Å². The molecule has 0 radical (unpaired) electrons. The minimum Gasteiger partial charge on any atom is -0.267 e.